The molecular formula is C26H40N4O4. The quantitative estimate of drug-likeness (QED) is 0.338. The highest BCUT2D eigenvalue weighted by Gasteiger charge is 2.49. The monoisotopic (exact) mass is 472 g/mol. The van der Waals surface area contributed by atoms with Gasteiger partial charge in [0.05, 0.1) is 24.3 Å². The summed E-state index contributed by atoms with van der Waals surface area (Å²) in [7, 11) is 1.64. The summed E-state index contributed by atoms with van der Waals surface area (Å²) in [6.07, 6.45) is 4.32. The number of rotatable bonds is 11. The molecule has 1 aromatic carbocycles. The van der Waals surface area contributed by atoms with E-state index in [0.717, 1.165) is 17.7 Å². The topological polar surface area (TPSA) is 115 Å². The predicted octanol–water partition coefficient (Wildman–Crippen LogP) is 3.11. The minimum absolute atomic E-state index is 0.0327. The van der Waals surface area contributed by atoms with E-state index in [-0.39, 0.29) is 47.8 Å². The molecule has 0 bridgehead atoms. The lowest BCUT2D eigenvalue weighted by Crippen LogP contribution is -2.43. The fourth-order valence-electron chi connectivity index (χ4n) is 4.85. The van der Waals surface area contributed by atoms with Crippen LogP contribution >= 0.6 is 0 Å². The number of nitrogens with zero attached hydrogens (tertiary/aromatic N) is 1. The van der Waals surface area contributed by atoms with E-state index in [1.165, 1.54) is 6.34 Å². The van der Waals surface area contributed by atoms with Crippen LogP contribution in [-0.4, -0.2) is 49.1 Å². The van der Waals surface area contributed by atoms with Crippen molar-refractivity contribution in [3.63, 3.8) is 0 Å². The number of aliphatic imine (C=N–C) groups is 1. The minimum atomic E-state index is -0.534. The van der Waals surface area contributed by atoms with E-state index >= 15 is 0 Å². The van der Waals surface area contributed by atoms with E-state index in [9.17, 15) is 9.59 Å². The van der Waals surface area contributed by atoms with Crippen molar-refractivity contribution in [3.8, 4) is 5.75 Å². The Bertz CT molecular complexity index is 903. The number of carbonyl (C=O) groups is 2. The zero-order valence-electron chi connectivity index (χ0n) is 21.1. The Labute approximate surface area is 203 Å². The molecule has 1 aliphatic heterocycles. The van der Waals surface area contributed by atoms with Crippen LogP contribution in [0.15, 0.2) is 29.3 Å². The van der Waals surface area contributed by atoms with Gasteiger partial charge in [-0.05, 0) is 52.0 Å². The second-order valence-electron chi connectivity index (χ2n) is 10.4. The van der Waals surface area contributed by atoms with E-state index < -0.39 is 5.54 Å². The Morgan fingerprint density at radius 2 is 2.12 bits per heavy atom. The Morgan fingerprint density at radius 1 is 1.38 bits per heavy atom. The van der Waals surface area contributed by atoms with Gasteiger partial charge in [0, 0.05) is 37.7 Å². The molecule has 8 heteroatoms. The highest BCUT2D eigenvalue weighted by Crippen LogP contribution is 2.44. The fraction of sp³-hybridized carbons (Fsp3) is 0.654. The van der Waals surface area contributed by atoms with Gasteiger partial charge in [-0.25, -0.2) is 0 Å². The van der Waals surface area contributed by atoms with Crippen LogP contribution < -0.4 is 21.1 Å². The van der Waals surface area contributed by atoms with Crippen molar-refractivity contribution in [1.29, 1.82) is 0 Å². The van der Waals surface area contributed by atoms with Crippen LogP contribution in [0.5, 0.6) is 5.75 Å². The van der Waals surface area contributed by atoms with Crippen molar-refractivity contribution in [1.82, 2.24) is 10.6 Å². The highest BCUT2D eigenvalue weighted by molar-refractivity contribution is 5.83. The number of hydrogen-bond donors (Lipinski definition) is 3. The summed E-state index contributed by atoms with van der Waals surface area (Å²) < 4.78 is 11.4. The molecule has 0 spiro atoms. The summed E-state index contributed by atoms with van der Waals surface area (Å²) >= 11 is 0. The molecule has 2 amide bonds. The molecule has 3 rings (SSSR count). The number of nitrogens with two attached hydrogens (primary N) is 1. The van der Waals surface area contributed by atoms with Crippen molar-refractivity contribution in [2.45, 2.75) is 83.0 Å². The van der Waals surface area contributed by atoms with Gasteiger partial charge < -0.3 is 25.8 Å². The molecule has 34 heavy (non-hydrogen) atoms. The lowest BCUT2D eigenvalue weighted by molar-refractivity contribution is -0.125. The van der Waals surface area contributed by atoms with Crippen molar-refractivity contribution >= 4 is 18.2 Å². The minimum Gasteiger partial charge on any atom is -0.487 e. The smallest absolute Gasteiger partial charge is 0.223 e. The summed E-state index contributed by atoms with van der Waals surface area (Å²) in [6, 6.07) is 7.65. The van der Waals surface area contributed by atoms with Gasteiger partial charge >= 0.3 is 0 Å². The molecule has 8 nitrogen and oxygen atoms in total. The van der Waals surface area contributed by atoms with Crippen LogP contribution in [0.2, 0.25) is 0 Å². The third-order valence-electron chi connectivity index (χ3n) is 7.05. The number of fused-ring (bicyclic) bond motifs is 1. The first-order chi connectivity index (χ1) is 16.1. The van der Waals surface area contributed by atoms with Crippen molar-refractivity contribution < 1.29 is 19.1 Å². The van der Waals surface area contributed by atoms with Gasteiger partial charge in [-0.15, -0.1) is 0 Å². The van der Waals surface area contributed by atoms with Gasteiger partial charge in [0.25, 0.3) is 0 Å². The fourth-order valence-corrected chi connectivity index (χ4v) is 4.85. The maximum absolute atomic E-state index is 13.2. The number of para-hydroxylation sites is 1. The maximum atomic E-state index is 13.2. The summed E-state index contributed by atoms with van der Waals surface area (Å²) in [4.78, 5) is 30.3. The first-order valence-electron chi connectivity index (χ1n) is 12.2. The molecule has 1 aliphatic carbocycles. The molecule has 1 aromatic rings. The number of hydrogen-bond acceptors (Lipinski definition) is 5. The second-order valence-corrected chi connectivity index (χ2v) is 10.4. The Morgan fingerprint density at radius 3 is 2.79 bits per heavy atom. The molecule has 188 valence electrons. The predicted molar refractivity (Wildman–Crippen MR) is 133 cm³/mol. The van der Waals surface area contributed by atoms with Gasteiger partial charge in [-0.1, -0.05) is 25.1 Å². The Hall–Kier alpha value is -2.61. The van der Waals surface area contributed by atoms with Crippen LogP contribution in [-0.2, 0) is 14.3 Å². The van der Waals surface area contributed by atoms with Crippen molar-refractivity contribution in [2.24, 2.45) is 22.6 Å². The van der Waals surface area contributed by atoms with Crippen molar-refractivity contribution in [2.75, 3.05) is 13.7 Å². The first kappa shape index (κ1) is 26.0. The maximum Gasteiger partial charge on any atom is 0.223 e. The summed E-state index contributed by atoms with van der Waals surface area (Å²) in [5.41, 5.74) is 5.59. The van der Waals surface area contributed by atoms with Crippen LogP contribution in [0.25, 0.3) is 0 Å². The molecular weight excluding hydrogens is 432 g/mol. The van der Waals surface area contributed by atoms with E-state index in [1.807, 2.05) is 52.0 Å². The van der Waals surface area contributed by atoms with Crippen LogP contribution in [0, 0.1) is 11.8 Å². The number of carbonyl (C=O) groups excluding carboxylic acids is 2. The Balaban J connectivity index is 1.63. The van der Waals surface area contributed by atoms with Gasteiger partial charge in [0.1, 0.15) is 11.4 Å². The van der Waals surface area contributed by atoms with Crippen LogP contribution in [0.1, 0.15) is 71.4 Å². The van der Waals surface area contributed by atoms with E-state index in [1.54, 1.807) is 7.11 Å². The highest BCUT2D eigenvalue weighted by atomic mass is 16.5. The lowest BCUT2D eigenvalue weighted by atomic mass is 9.89. The van der Waals surface area contributed by atoms with Crippen LogP contribution in [0.4, 0.5) is 0 Å². The molecule has 0 saturated heterocycles. The number of nitrogens with one attached hydrogen (secondary N) is 2. The summed E-state index contributed by atoms with van der Waals surface area (Å²) in [6.45, 7) is 8.50. The average Bonchev–Trinajstić information content (AvgIpc) is 3.57. The summed E-state index contributed by atoms with van der Waals surface area (Å²) in [5, 5.41) is 6.40. The molecule has 1 fully saturated rings. The summed E-state index contributed by atoms with van der Waals surface area (Å²) in [5.74, 6) is 0.737. The van der Waals surface area contributed by atoms with E-state index in [2.05, 4.69) is 15.6 Å². The first-order valence-corrected chi connectivity index (χ1v) is 12.2. The normalized spacial score (nSPS) is 25.5. The number of ether oxygens (including phenoxy) is 2. The number of methoxy groups -OCH3 is 1. The third-order valence-corrected chi connectivity index (χ3v) is 7.05. The van der Waals surface area contributed by atoms with Gasteiger partial charge in [-0.3, -0.25) is 14.6 Å². The SMILES string of the molecule is CC[C@](C)(CC(=O)N[C@@H](CCOC)[C@@H]1C[C@H]1C(=O)N[C@H]1CC(C)(C)Oc2ccccc21)N=CN. The molecule has 4 N–H and O–H groups in total. The number of benzene rings is 1. The lowest BCUT2D eigenvalue weighted by Gasteiger charge is -2.38. The standard InChI is InChI=1S/C26H40N4O4/c1-6-26(4,28-16-27)15-23(31)29-20(11-12-33-5)18-13-19(18)24(32)30-21-14-25(2,3)34-22-10-8-7-9-17(21)22/h7-10,16,18-21H,6,11-15H2,1-5H3,(H2,27,28)(H,29,31)(H,30,32)/t18-,19-,20+,21+,26-/m1/s1. The number of amides is 2. The zero-order chi connectivity index (χ0) is 24.9. The van der Waals surface area contributed by atoms with E-state index in [4.69, 9.17) is 15.2 Å². The van der Waals surface area contributed by atoms with Gasteiger partial charge in [-0.2, -0.15) is 0 Å². The average molecular weight is 473 g/mol. The molecule has 5 atom stereocenters. The largest absolute Gasteiger partial charge is 0.487 e. The van der Waals surface area contributed by atoms with Crippen LogP contribution in [0.3, 0.4) is 0 Å². The Kier molecular flexibility index (Phi) is 8.23. The zero-order valence-corrected chi connectivity index (χ0v) is 21.1. The molecule has 0 radical (unpaired) electrons. The molecule has 2 aliphatic rings. The van der Waals surface area contributed by atoms with E-state index in [0.29, 0.717) is 25.9 Å². The molecule has 0 aromatic heterocycles. The second kappa shape index (κ2) is 10.8. The third kappa shape index (κ3) is 6.50. The van der Waals surface area contributed by atoms with Crippen molar-refractivity contribution in [3.05, 3.63) is 29.8 Å². The molecule has 1 saturated carbocycles. The molecule has 1 heterocycles. The van der Waals surface area contributed by atoms with Gasteiger partial charge in [0.2, 0.25) is 11.8 Å². The molecule has 0 unspecified atom stereocenters. The van der Waals surface area contributed by atoms with Gasteiger partial charge in [0.15, 0.2) is 0 Å².